The van der Waals surface area contributed by atoms with Gasteiger partial charge in [-0.25, -0.2) is 0 Å². The average Bonchev–Trinajstić information content (AvgIpc) is 2.27. The van der Waals surface area contributed by atoms with Crippen molar-refractivity contribution in [1.29, 1.82) is 0 Å². The Bertz CT molecular complexity index is 278. The van der Waals surface area contributed by atoms with E-state index in [0.717, 1.165) is 38.8 Å². The summed E-state index contributed by atoms with van der Waals surface area (Å²) in [5, 5.41) is 9.40. The molecule has 0 aromatic heterocycles. The van der Waals surface area contributed by atoms with Gasteiger partial charge in [-0.15, -0.1) is 12.3 Å². The van der Waals surface area contributed by atoms with Crippen molar-refractivity contribution in [3.8, 4) is 12.3 Å². The molecule has 0 aromatic rings. The van der Waals surface area contributed by atoms with E-state index in [1.807, 2.05) is 6.92 Å². The van der Waals surface area contributed by atoms with Crippen LogP contribution in [0.3, 0.4) is 0 Å². The van der Waals surface area contributed by atoms with Crippen LogP contribution < -0.4 is 0 Å². The van der Waals surface area contributed by atoms with Crippen LogP contribution in [0.2, 0.25) is 0 Å². The van der Waals surface area contributed by atoms with Crippen molar-refractivity contribution < 1.29 is 9.90 Å². The van der Waals surface area contributed by atoms with E-state index in [9.17, 15) is 9.90 Å². The number of hydrogen-bond donors (Lipinski definition) is 1. The highest BCUT2D eigenvalue weighted by molar-refractivity contribution is 5.75. The Hall–Kier alpha value is -1.01. The van der Waals surface area contributed by atoms with Crippen molar-refractivity contribution in [3.05, 3.63) is 0 Å². The van der Waals surface area contributed by atoms with Gasteiger partial charge in [-0.3, -0.25) is 4.79 Å². The van der Waals surface area contributed by atoms with Crippen LogP contribution in [0.4, 0.5) is 0 Å². The minimum atomic E-state index is -0.639. The quantitative estimate of drug-likeness (QED) is 0.724. The average molecular weight is 223 g/mol. The first kappa shape index (κ1) is 13.1. The van der Waals surface area contributed by atoms with Crippen molar-refractivity contribution >= 4 is 5.97 Å². The van der Waals surface area contributed by atoms with Gasteiger partial charge in [-0.2, -0.15) is 0 Å². The molecule has 0 radical (unpaired) electrons. The summed E-state index contributed by atoms with van der Waals surface area (Å²) in [7, 11) is 0. The standard InChI is InChI=1S/C13H21NO2/c1-3-5-9-14-10-6-8-13(11-14,7-4-2)12(15)16/h1H,4-11H2,2H3,(H,15,16). The first-order valence-electron chi connectivity index (χ1n) is 6.04. The molecule has 1 N–H and O–H groups in total. The summed E-state index contributed by atoms with van der Waals surface area (Å²) in [4.78, 5) is 13.6. The van der Waals surface area contributed by atoms with Crippen LogP contribution in [-0.4, -0.2) is 35.6 Å². The van der Waals surface area contributed by atoms with Crippen molar-refractivity contribution in [2.75, 3.05) is 19.6 Å². The predicted molar refractivity (Wildman–Crippen MR) is 64.1 cm³/mol. The number of piperidine rings is 1. The molecule has 1 unspecified atom stereocenters. The third-order valence-electron chi connectivity index (χ3n) is 3.41. The Labute approximate surface area is 97.8 Å². The second-order valence-corrected chi connectivity index (χ2v) is 4.67. The Balaban J connectivity index is 2.64. The second kappa shape index (κ2) is 5.91. The van der Waals surface area contributed by atoms with Gasteiger partial charge in [0.05, 0.1) is 5.41 Å². The van der Waals surface area contributed by atoms with Gasteiger partial charge in [0.25, 0.3) is 0 Å². The van der Waals surface area contributed by atoms with Crippen LogP contribution in [0.5, 0.6) is 0 Å². The lowest BCUT2D eigenvalue weighted by Gasteiger charge is -2.39. The first-order valence-corrected chi connectivity index (χ1v) is 6.04. The fourth-order valence-electron chi connectivity index (χ4n) is 2.60. The molecule has 3 nitrogen and oxygen atoms in total. The molecule has 0 amide bonds. The lowest BCUT2D eigenvalue weighted by Crippen LogP contribution is -2.48. The maximum Gasteiger partial charge on any atom is 0.310 e. The number of terminal acetylenes is 1. The highest BCUT2D eigenvalue weighted by atomic mass is 16.4. The van der Waals surface area contributed by atoms with Gasteiger partial charge in [0.1, 0.15) is 0 Å². The fourth-order valence-corrected chi connectivity index (χ4v) is 2.60. The molecule has 1 rings (SSSR count). The van der Waals surface area contributed by atoms with E-state index >= 15 is 0 Å². The highest BCUT2D eigenvalue weighted by Crippen LogP contribution is 2.34. The van der Waals surface area contributed by atoms with E-state index < -0.39 is 11.4 Å². The minimum absolute atomic E-state index is 0.526. The molecule has 1 atom stereocenters. The summed E-state index contributed by atoms with van der Waals surface area (Å²) < 4.78 is 0. The summed E-state index contributed by atoms with van der Waals surface area (Å²) in [6.07, 6.45) is 9.42. The smallest absolute Gasteiger partial charge is 0.310 e. The molecule has 1 fully saturated rings. The summed E-state index contributed by atoms with van der Waals surface area (Å²) in [5.74, 6) is 1.98. The Kier molecular flexibility index (Phi) is 4.82. The molecule has 0 aliphatic carbocycles. The molecule has 90 valence electrons. The molecule has 0 aromatic carbocycles. The topological polar surface area (TPSA) is 40.5 Å². The van der Waals surface area contributed by atoms with Gasteiger partial charge < -0.3 is 10.0 Å². The third-order valence-corrected chi connectivity index (χ3v) is 3.41. The van der Waals surface area contributed by atoms with Gasteiger partial charge in [-0.1, -0.05) is 13.3 Å². The van der Waals surface area contributed by atoms with Crippen molar-refractivity contribution in [2.24, 2.45) is 5.41 Å². The number of carboxylic acid groups (broad SMARTS) is 1. The zero-order valence-electron chi connectivity index (χ0n) is 10.0. The molecule has 1 saturated heterocycles. The molecule has 0 saturated carbocycles. The number of carbonyl (C=O) groups is 1. The predicted octanol–water partition coefficient (Wildman–Crippen LogP) is 1.98. The van der Waals surface area contributed by atoms with Crippen LogP contribution in [0.15, 0.2) is 0 Å². The van der Waals surface area contributed by atoms with Crippen molar-refractivity contribution in [3.63, 3.8) is 0 Å². The Morgan fingerprint density at radius 2 is 2.38 bits per heavy atom. The van der Waals surface area contributed by atoms with Crippen LogP contribution in [-0.2, 0) is 4.79 Å². The van der Waals surface area contributed by atoms with Crippen LogP contribution in [0.1, 0.15) is 39.0 Å². The number of rotatable bonds is 5. The van der Waals surface area contributed by atoms with E-state index in [2.05, 4.69) is 10.8 Å². The number of hydrogen-bond acceptors (Lipinski definition) is 2. The number of nitrogens with zero attached hydrogens (tertiary/aromatic N) is 1. The fraction of sp³-hybridized carbons (Fsp3) is 0.769. The summed E-state index contributed by atoms with van der Waals surface area (Å²) in [6, 6.07) is 0. The van der Waals surface area contributed by atoms with Crippen LogP contribution >= 0.6 is 0 Å². The van der Waals surface area contributed by atoms with Gasteiger partial charge in [-0.05, 0) is 25.8 Å². The third kappa shape index (κ3) is 2.99. The number of likely N-dealkylation sites (tertiary alicyclic amines) is 1. The van der Waals surface area contributed by atoms with Crippen molar-refractivity contribution in [2.45, 2.75) is 39.0 Å². The van der Waals surface area contributed by atoms with Gasteiger partial charge in [0, 0.05) is 19.5 Å². The molecular weight excluding hydrogens is 202 g/mol. The molecule has 0 bridgehead atoms. The lowest BCUT2D eigenvalue weighted by atomic mass is 9.76. The highest BCUT2D eigenvalue weighted by Gasteiger charge is 2.41. The molecule has 1 heterocycles. The monoisotopic (exact) mass is 223 g/mol. The maximum absolute atomic E-state index is 11.4. The molecule has 1 aliphatic rings. The lowest BCUT2D eigenvalue weighted by molar-refractivity contribution is -0.153. The zero-order valence-corrected chi connectivity index (χ0v) is 10.0. The Morgan fingerprint density at radius 3 is 2.94 bits per heavy atom. The molecule has 3 heteroatoms. The van der Waals surface area contributed by atoms with Crippen LogP contribution in [0.25, 0.3) is 0 Å². The van der Waals surface area contributed by atoms with Gasteiger partial charge in [0.15, 0.2) is 0 Å². The van der Waals surface area contributed by atoms with E-state index in [4.69, 9.17) is 6.42 Å². The normalized spacial score (nSPS) is 26.2. The zero-order chi connectivity index (χ0) is 12.0. The van der Waals surface area contributed by atoms with E-state index in [1.165, 1.54) is 0 Å². The molecule has 16 heavy (non-hydrogen) atoms. The number of aliphatic carboxylic acids is 1. The largest absolute Gasteiger partial charge is 0.481 e. The maximum atomic E-state index is 11.4. The molecule has 1 aliphatic heterocycles. The Morgan fingerprint density at radius 1 is 1.62 bits per heavy atom. The summed E-state index contributed by atoms with van der Waals surface area (Å²) >= 11 is 0. The van der Waals surface area contributed by atoms with Crippen molar-refractivity contribution in [1.82, 2.24) is 4.90 Å². The van der Waals surface area contributed by atoms with E-state index in [-0.39, 0.29) is 0 Å². The van der Waals surface area contributed by atoms with E-state index in [0.29, 0.717) is 13.0 Å². The SMILES string of the molecule is C#CCCN1CCCC(CCC)(C(=O)O)C1. The summed E-state index contributed by atoms with van der Waals surface area (Å²) in [5.41, 5.74) is -0.526. The van der Waals surface area contributed by atoms with Crippen LogP contribution in [0, 0.1) is 17.8 Å². The van der Waals surface area contributed by atoms with Gasteiger partial charge in [0.2, 0.25) is 0 Å². The van der Waals surface area contributed by atoms with Gasteiger partial charge >= 0.3 is 5.97 Å². The minimum Gasteiger partial charge on any atom is -0.481 e. The molecule has 0 spiro atoms. The van der Waals surface area contributed by atoms with E-state index in [1.54, 1.807) is 0 Å². The first-order chi connectivity index (χ1) is 7.64. The second-order valence-electron chi connectivity index (χ2n) is 4.67. The molecular formula is C13H21NO2. The number of carboxylic acids is 1. The summed E-state index contributed by atoms with van der Waals surface area (Å²) in [6.45, 7) is 4.53.